The minimum atomic E-state index is -0.590. The van der Waals surface area contributed by atoms with Crippen LogP contribution in [0.5, 0.6) is 0 Å². The Morgan fingerprint density at radius 1 is 1.09 bits per heavy atom. The molecule has 4 bridgehead atoms. The fourth-order valence-electron chi connectivity index (χ4n) is 3.17. The number of rotatable bonds is 0. The molecule has 11 heavy (non-hydrogen) atoms. The summed E-state index contributed by atoms with van der Waals surface area (Å²) < 4.78 is 24.0. The van der Waals surface area contributed by atoms with Crippen LogP contribution in [-0.4, -0.2) is 0 Å². The second kappa shape index (κ2) is 1.91. The maximum absolute atomic E-state index is 8.35. The molecule has 4 aliphatic rings. The van der Waals surface area contributed by atoms with Crippen LogP contribution in [0, 0.1) is 30.2 Å². The Hall–Kier alpha value is -0.260. The van der Waals surface area contributed by atoms with Gasteiger partial charge in [0.25, 0.3) is 0 Å². The molecule has 0 heteroatoms. The summed E-state index contributed by atoms with van der Waals surface area (Å²) in [6, 6.07) is 0. The average molecular weight is 153 g/mol. The third kappa shape index (κ3) is 0.758. The highest BCUT2D eigenvalue weighted by molar-refractivity contribution is 5.15. The minimum Gasteiger partial charge on any atom is -0.0640 e. The summed E-state index contributed by atoms with van der Waals surface area (Å²) in [5, 5.41) is 0. The van der Waals surface area contributed by atoms with Crippen LogP contribution in [0.4, 0.5) is 0 Å². The second-order valence-electron chi connectivity index (χ2n) is 4.37. The molecule has 0 aromatic heterocycles. The van der Waals surface area contributed by atoms with Gasteiger partial charge in [-0.15, -0.1) is 0 Å². The van der Waals surface area contributed by atoms with E-state index in [0.29, 0.717) is 17.4 Å². The van der Waals surface area contributed by atoms with Gasteiger partial charge in [0.1, 0.15) is 0 Å². The van der Waals surface area contributed by atoms with Gasteiger partial charge in [0.2, 0.25) is 0 Å². The van der Waals surface area contributed by atoms with E-state index < -0.39 is 11.8 Å². The predicted molar refractivity (Wildman–Crippen MR) is 44.9 cm³/mol. The fourth-order valence-corrected chi connectivity index (χ4v) is 3.17. The van der Waals surface area contributed by atoms with E-state index in [1.54, 1.807) is 0 Å². The van der Waals surface area contributed by atoms with Crippen LogP contribution in [0.15, 0.2) is 5.57 Å². The van der Waals surface area contributed by atoms with Crippen LogP contribution in [0.1, 0.15) is 36.2 Å². The van der Waals surface area contributed by atoms with Crippen molar-refractivity contribution in [3.8, 4) is 0 Å². The molecule has 59 valence electrons. The van der Waals surface area contributed by atoms with Crippen molar-refractivity contribution in [2.45, 2.75) is 32.1 Å². The van der Waals surface area contributed by atoms with Gasteiger partial charge in [-0.25, -0.2) is 0 Å². The van der Waals surface area contributed by atoms with Gasteiger partial charge in [0.05, 0.1) is 1.37 Å². The van der Waals surface area contributed by atoms with E-state index in [-0.39, 0.29) is 0 Å². The molecule has 0 unspecified atom stereocenters. The molecule has 0 saturated heterocycles. The highest BCUT2D eigenvalue weighted by atomic mass is 14.5. The Labute approximate surface area is 72.9 Å². The van der Waals surface area contributed by atoms with Crippen molar-refractivity contribution in [3.63, 3.8) is 0 Å². The molecule has 0 heterocycles. The Balaban J connectivity index is 2.10. The Morgan fingerprint density at radius 2 is 1.64 bits per heavy atom. The lowest BCUT2D eigenvalue weighted by molar-refractivity contribution is 0.0698. The molecule has 0 amide bonds. The van der Waals surface area contributed by atoms with E-state index in [1.807, 2.05) is 0 Å². The Kier molecular flexibility index (Phi) is 0.714. The summed E-state index contributed by atoms with van der Waals surface area (Å²) in [5.41, 5.74) is 0.678. The standard InChI is InChI=1S/C11H15/c1-7-10-3-8-2-9(5-10)6-11(7)4-8/h1,8-11H,2-6H2/i1T,10T,11T. The average Bonchev–Trinajstić information content (AvgIpc) is 1.97. The van der Waals surface area contributed by atoms with E-state index in [0.717, 1.165) is 25.7 Å². The van der Waals surface area contributed by atoms with Crippen LogP contribution in [0.25, 0.3) is 0 Å². The van der Waals surface area contributed by atoms with E-state index in [4.69, 9.17) is 4.11 Å². The topological polar surface area (TPSA) is 0 Å². The van der Waals surface area contributed by atoms with Crippen molar-refractivity contribution < 1.29 is 4.11 Å². The molecule has 0 atom stereocenters. The summed E-state index contributed by atoms with van der Waals surface area (Å²) in [6.45, 7) is 2.42. The molecule has 4 rings (SSSR count). The second-order valence-corrected chi connectivity index (χ2v) is 4.37. The van der Waals surface area contributed by atoms with E-state index >= 15 is 0 Å². The molecule has 0 aromatic carbocycles. The monoisotopic (exact) mass is 153 g/mol. The maximum Gasteiger partial charge on any atom is 0.0622 e. The van der Waals surface area contributed by atoms with E-state index in [1.165, 1.54) is 6.42 Å². The van der Waals surface area contributed by atoms with Gasteiger partial charge in [-0.2, -0.15) is 0 Å². The number of allylic oxidation sites excluding steroid dienone is 1. The van der Waals surface area contributed by atoms with Gasteiger partial charge in [0.15, 0.2) is 0 Å². The molecule has 0 spiro atoms. The van der Waals surface area contributed by atoms with Crippen LogP contribution in [0.3, 0.4) is 0 Å². The minimum absolute atomic E-state index is 0.578. The highest BCUT2D eigenvalue weighted by Gasteiger charge is 2.44. The molecule has 0 N–H and O–H groups in total. The number of hydrogen-bond donors (Lipinski definition) is 0. The first-order chi connectivity index (χ1) is 6.56. The third-order valence-corrected chi connectivity index (χ3v) is 3.51. The Bertz CT molecular complexity index is 270. The SMILES string of the molecule is [3H][C]=C1C2([3H])CC3CC(C2)CC1([3H])C3. The summed E-state index contributed by atoms with van der Waals surface area (Å²) in [7, 11) is 0. The van der Waals surface area contributed by atoms with Crippen molar-refractivity contribution in [1.82, 2.24) is 0 Å². The molecule has 4 fully saturated rings. The van der Waals surface area contributed by atoms with Gasteiger partial charge < -0.3 is 0 Å². The molecule has 4 aliphatic carbocycles. The third-order valence-electron chi connectivity index (χ3n) is 3.51. The summed E-state index contributed by atoms with van der Waals surface area (Å²) in [6.07, 6.45) is 4.75. The van der Waals surface area contributed by atoms with Crippen LogP contribution in [-0.2, 0) is 0 Å². The smallest absolute Gasteiger partial charge is 0.0622 e. The molecule has 0 aliphatic heterocycles. The van der Waals surface area contributed by atoms with E-state index in [2.05, 4.69) is 6.55 Å². The van der Waals surface area contributed by atoms with E-state index in [9.17, 15) is 0 Å². The van der Waals surface area contributed by atoms with Crippen molar-refractivity contribution in [3.05, 3.63) is 12.1 Å². The van der Waals surface area contributed by atoms with Gasteiger partial charge in [-0.3, -0.25) is 0 Å². The van der Waals surface area contributed by atoms with Gasteiger partial charge >= 0.3 is 0 Å². The van der Waals surface area contributed by atoms with Crippen molar-refractivity contribution in [2.75, 3.05) is 0 Å². The zero-order valence-corrected chi connectivity index (χ0v) is 6.69. The van der Waals surface area contributed by atoms with Crippen molar-refractivity contribution in [1.29, 1.82) is 0 Å². The van der Waals surface area contributed by atoms with Crippen LogP contribution < -0.4 is 0 Å². The Morgan fingerprint density at radius 3 is 2.09 bits per heavy atom. The summed E-state index contributed by atoms with van der Waals surface area (Å²) >= 11 is 0. The largest absolute Gasteiger partial charge is 0.0640 e. The molecule has 0 nitrogen and oxygen atoms in total. The first kappa shape index (κ1) is 4.11. The fraction of sp³-hybridized carbons (Fsp3) is 0.818. The van der Waals surface area contributed by atoms with Crippen LogP contribution in [0.2, 0.25) is 0 Å². The maximum atomic E-state index is 8.35. The zero-order valence-electron chi connectivity index (χ0n) is 9.69. The summed E-state index contributed by atoms with van der Waals surface area (Å²) in [4.78, 5) is 0. The molecular weight excluding hydrogens is 132 g/mol. The highest BCUT2D eigenvalue weighted by Crippen LogP contribution is 2.55. The quantitative estimate of drug-likeness (QED) is 0.502. The normalized spacial score (nSPS) is 70.5. The first-order valence-electron chi connectivity index (χ1n) is 6.11. The lowest BCUT2D eigenvalue weighted by atomic mass is 9.54. The number of hydrogen-bond acceptors (Lipinski definition) is 0. The molecule has 4 saturated carbocycles. The van der Waals surface area contributed by atoms with Crippen molar-refractivity contribution in [2.24, 2.45) is 23.6 Å². The van der Waals surface area contributed by atoms with Gasteiger partial charge in [-0.05, 0) is 55.7 Å². The van der Waals surface area contributed by atoms with Gasteiger partial charge in [-0.1, -0.05) is 12.1 Å². The van der Waals surface area contributed by atoms with Gasteiger partial charge in [0, 0.05) is 2.74 Å². The zero-order chi connectivity index (χ0) is 9.97. The summed E-state index contributed by atoms with van der Waals surface area (Å²) in [5.74, 6) is -0.0227. The van der Waals surface area contributed by atoms with Crippen molar-refractivity contribution >= 4 is 0 Å². The predicted octanol–water partition coefficient (Wildman–Crippen LogP) is 2.80. The van der Waals surface area contributed by atoms with Crippen LogP contribution >= 0.6 is 0 Å². The lowest BCUT2D eigenvalue weighted by Crippen LogP contribution is -2.39. The molecule has 0 aromatic rings. The molecule has 1 radical (unpaired) electrons. The lowest BCUT2D eigenvalue weighted by Gasteiger charge is -2.51. The first-order valence-corrected chi connectivity index (χ1v) is 4.61. The molecular formula is C11H15.